The number of anilines is 1. The van der Waals surface area contributed by atoms with Crippen molar-refractivity contribution in [3.8, 4) is 0 Å². The van der Waals surface area contributed by atoms with E-state index in [0.717, 1.165) is 16.8 Å². The molecule has 1 amide bonds. The summed E-state index contributed by atoms with van der Waals surface area (Å²) in [6.45, 7) is 8.29. The van der Waals surface area contributed by atoms with Crippen molar-refractivity contribution >= 4 is 11.8 Å². The summed E-state index contributed by atoms with van der Waals surface area (Å²) in [6.07, 6.45) is 14.8. The first-order valence-corrected chi connectivity index (χ1v) is 8.49. The van der Waals surface area contributed by atoms with Crippen molar-refractivity contribution < 1.29 is 14.3 Å². The van der Waals surface area contributed by atoms with Crippen LogP contribution in [0.25, 0.3) is 0 Å². The molecule has 0 aromatic heterocycles. The lowest BCUT2D eigenvalue weighted by Gasteiger charge is -2.24. The van der Waals surface area contributed by atoms with Crippen molar-refractivity contribution in [2.24, 2.45) is 0 Å². The minimum atomic E-state index is -0.546. The molecule has 1 aliphatic rings. The zero-order chi connectivity index (χ0) is 19.0. The molecule has 1 N–H and O–H groups in total. The molecule has 0 unspecified atom stereocenters. The number of nitrogens with one attached hydrogen (secondary N) is 1. The van der Waals surface area contributed by atoms with E-state index in [-0.39, 0.29) is 5.41 Å². The molecule has 26 heavy (non-hydrogen) atoms. The summed E-state index contributed by atoms with van der Waals surface area (Å²) in [6, 6.07) is 5.97. The van der Waals surface area contributed by atoms with Crippen molar-refractivity contribution in [1.29, 1.82) is 0 Å². The Kier molecular flexibility index (Phi) is 6.61. The van der Waals surface area contributed by atoms with Crippen LogP contribution < -0.4 is 5.32 Å². The molecule has 1 aromatic rings. The zero-order valence-electron chi connectivity index (χ0n) is 15.7. The molecule has 2 rings (SSSR count). The first kappa shape index (κ1) is 19.3. The fourth-order valence-electron chi connectivity index (χ4n) is 2.40. The van der Waals surface area contributed by atoms with Gasteiger partial charge in [-0.3, -0.25) is 5.32 Å². The van der Waals surface area contributed by atoms with Gasteiger partial charge in [-0.1, -0.05) is 63.3 Å². The number of benzene rings is 1. The Morgan fingerprint density at radius 3 is 2.54 bits per heavy atom. The van der Waals surface area contributed by atoms with E-state index in [0.29, 0.717) is 5.76 Å². The van der Waals surface area contributed by atoms with Crippen molar-refractivity contribution in [2.45, 2.75) is 33.1 Å². The summed E-state index contributed by atoms with van der Waals surface area (Å²) in [5.74, 6) is 0.369. The predicted molar refractivity (Wildman–Crippen MR) is 106 cm³/mol. The number of amides is 1. The Balaban J connectivity index is 2.18. The summed E-state index contributed by atoms with van der Waals surface area (Å²) in [4.78, 5) is 12.4. The number of carbonyl (C=O) groups excluding carboxylic acids is 1. The smallest absolute Gasteiger partial charge is 0.417 e. The second-order valence-corrected chi connectivity index (χ2v) is 6.87. The number of ether oxygens (including phenoxy) is 2. The van der Waals surface area contributed by atoms with Gasteiger partial charge >= 0.3 is 6.09 Å². The number of allylic oxidation sites excluding steroid dienone is 7. The molecule has 1 heterocycles. The first-order valence-electron chi connectivity index (χ1n) is 8.49. The van der Waals surface area contributed by atoms with Crippen molar-refractivity contribution in [1.82, 2.24) is 0 Å². The normalized spacial score (nSPS) is 14.2. The number of rotatable bonds is 2. The van der Waals surface area contributed by atoms with Crippen LogP contribution in [0.1, 0.15) is 31.9 Å². The third-order valence-electron chi connectivity index (χ3n) is 3.69. The zero-order valence-corrected chi connectivity index (χ0v) is 15.7. The van der Waals surface area contributed by atoms with E-state index < -0.39 is 6.09 Å². The summed E-state index contributed by atoms with van der Waals surface area (Å²) in [5, 5.41) is 2.88. The van der Waals surface area contributed by atoms with Gasteiger partial charge in [0.15, 0.2) is 0 Å². The van der Waals surface area contributed by atoms with Crippen LogP contribution in [0.3, 0.4) is 0 Å². The van der Waals surface area contributed by atoms with Gasteiger partial charge < -0.3 is 9.47 Å². The monoisotopic (exact) mass is 351 g/mol. The molecule has 0 spiro atoms. The van der Waals surface area contributed by atoms with Gasteiger partial charge in [0.2, 0.25) is 0 Å². The standard InChI is InChI=1S/C22H25NO3/c1-17-11-10-13-19(22(2,3)4)20(17)23-21(24)26-18-12-8-6-5-7-9-15-25-16-14-18/h5-16H,1-4H3,(H,23,24). The second kappa shape index (κ2) is 8.90. The Morgan fingerprint density at radius 2 is 1.77 bits per heavy atom. The molecular weight excluding hydrogens is 326 g/mol. The van der Waals surface area contributed by atoms with E-state index in [2.05, 4.69) is 26.1 Å². The fraction of sp³-hybridized carbons (Fsp3) is 0.227. The van der Waals surface area contributed by atoms with Crippen LogP contribution in [-0.4, -0.2) is 6.09 Å². The summed E-state index contributed by atoms with van der Waals surface area (Å²) >= 11 is 0. The Morgan fingerprint density at radius 1 is 1.04 bits per heavy atom. The molecule has 1 aliphatic heterocycles. The van der Waals surface area contributed by atoms with Gasteiger partial charge in [-0.2, -0.15) is 0 Å². The van der Waals surface area contributed by atoms with Crippen LogP contribution in [0.4, 0.5) is 10.5 Å². The van der Waals surface area contributed by atoms with Gasteiger partial charge in [-0.25, -0.2) is 4.79 Å². The topological polar surface area (TPSA) is 47.6 Å². The van der Waals surface area contributed by atoms with Gasteiger partial charge in [0.1, 0.15) is 5.76 Å². The summed E-state index contributed by atoms with van der Waals surface area (Å²) < 4.78 is 10.6. The third-order valence-corrected chi connectivity index (χ3v) is 3.69. The molecule has 0 fully saturated rings. The van der Waals surface area contributed by atoms with E-state index in [9.17, 15) is 4.79 Å². The quantitative estimate of drug-likeness (QED) is 0.722. The van der Waals surface area contributed by atoms with Crippen molar-refractivity contribution in [3.05, 3.63) is 90.1 Å². The lowest BCUT2D eigenvalue weighted by atomic mass is 9.84. The fourth-order valence-corrected chi connectivity index (χ4v) is 2.40. The lowest BCUT2D eigenvalue weighted by Crippen LogP contribution is -2.20. The number of aryl methyl sites for hydroxylation is 1. The Bertz CT molecular complexity index is 790. The number of carbonyl (C=O) groups is 1. The van der Waals surface area contributed by atoms with Crippen molar-refractivity contribution in [3.63, 3.8) is 0 Å². The maximum absolute atomic E-state index is 12.4. The SMILES string of the molecule is Cc1cccc(C(C)(C)C)c1NC(=O)OC1=CC=CC=CC=COC=C1. The minimum absolute atomic E-state index is 0.0995. The number of hydrogen-bond acceptors (Lipinski definition) is 3. The molecular formula is C22H25NO3. The lowest BCUT2D eigenvalue weighted by molar-refractivity contribution is 0.194. The molecule has 4 heteroatoms. The molecule has 0 atom stereocenters. The highest BCUT2D eigenvalue weighted by Crippen LogP contribution is 2.32. The van der Waals surface area contributed by atoms with Crippen molar-refractivity contribution in [2.75, 3.05) is 5.32 Å². The maximum atomic E-state index is 12.4. The van der Waals surface area contributed by atoms with Gasteiger partial charge in [0.05, 0.1) is 18.2 Å². The van der Waals surface area contributed by atoms with Gasteiger partial charge in [0.25, 0.3) is 0 Å². The minimum Gasteiger partial charge on any atom is -0.472 e. The first-order chi connectivity index (χ1) is 12.4. The van der Waals surface area contributed by atoms with Crippen LogP contribution in [0.15, 0.2) is 79.0 Å². The predicted octanol–water partition coefficient (Wildman–Crippen LogP) is 5.89. The Hall–Kier alpha value is -3.01. The van der Waals surface area contributed by atoms with E-state index in [1.165, 1.54) is 12.5 Å². The highest BCUT2D eigenvalue weighted by molar-refractivity contribution is 5.88. The van der Waals surface area contributed by atoms with Crippen LogP contribution in [0.2, 0.25) is 0 Å². The van der Waals surface area contributed by atoms with Gasteiger partial charge in [0, 0.05) is 6.08 Å². The van der Waals surface area contributed by atoms with Gasteiger partial charge in [-0.15, -0.1) is 0 Å². The highest BCUT2D eigenvalue weighted by Gasteiger charge is 2.20. The average molecular weight is 351 g/mol. The summed E-state index contributed by atoms with van der Waals surface area (Å²) in [7, 11) is 0. The number of hydrogen-bond donors (Lipinski definition) is 1. The maximum Gasteiger partial charge on any atom is 0.417 e. The molecule has 0 saturated heterocycles. The van der Waals surface area contributed by atoms with E-state index >= 15 is 0 Å². The van der Waals surface area contributed by atoms with E-state index in [1.54, 1.807) is 24.3 Å². The van der Waals surface area contributed by atoms with Crippen LogP contribution in [-0.2, 0) is 14.9 Å². The third kappa shape index (κ3) is 5.81. The Labute approximate surface area is 155 Å². The highest BCUT2D eigenvalue weighted by atomic mass is 16.6. The van der Waals surface area contributed by atoms with Crippen LogP contribution in [0.5, 0.6) is 0 Å². The van der Waals surface area contributed by atoms with E-state index in [4.69, 9.17) is 9.47 Å². The number of para-hydroxylation sites is 1. The van der Waals surface area contributed by atoms with Crippen LogP contribution in [0, 0.1) is 6.92 Å². The molecule has 0 aliphatic carbocycles. The van der Waals surface area contributed by atoms with Crippen LogP contribution >= 0.6 is 0 Å². The van der Waals surface area contributed by atoms with Gasteiger partial charge in [-0.05, 0) is 35.6 Å². The molecule has 0 bridgehead atoms. The molecule has 1 aromatic carbocycles. The second-order valence-electron chi connectivity index (χ2n) is 6.87. The largest absolute Gasteiger partial charge is 0.472 e. The van der Waals surface area contributed by atoms with E-state index in [1.807, 2.05) is 43.4 Å². The molecule has 0 saturated carbocycles. The average Bonchev–Trinajstić information content (AvgIpc) is 2.62. The molecule has 136 valence electrons. The molecule has 0 radical (unpaired) electrons. The summed E-state index contributed by atoms with van der Waals surface area (Å²) in [5.41, 5.74) is 2.72. The molecule has 4 nitrogen and oxygen atoms in total.